The lowest BCUT2D eigenvalue weighted by atomic mass is 10.2. The number of hydrogen-bond donors (Lipinski definition) is 2. The quantitative estimate of drug-likeness (QED) is 0.430. The molecule has 0 aromatic heterocycles. The van der Waals surface area contributed by atoms with Crippen LogP contribution in [0, 0.1) is 5.82 Å². The van der Waals surface area contributed by atoms with Crippen molar-refractivity contribution >= 4 is 23.7 Å². The molecule has 2 N–H and O–H groups in total. The number of benzene rings is 3. The molecular weight excluding hydrogens is 401 g/mol. The Kier molecular flexibility index (Phi) is 7.31. The van der Waals surface area contributed by atoms with Crippen LogP contribution in [0.3, 0.4) is 0 Å². The highest BCUT2D eigenvalue weighted by atomic mass is 19.1. The topological polar surface area (TPSA) is 89.0 Å². The molecule has 0 aliphatic heterocycles. The van der Waals surface area contributed by atoms with Crippen molar-refractivity contribution in [2.75, 3.05) is 19.0 Å². The van der Waals surface area contributed by atoms with E-state index in [1.165, 1.54) is 31.5 Å². The van der Waals surface area contributed by atoms with Gasteiger partial charge in [0.05, 0.1) is 19.0 Å². The van der Waals surface area contributed by atoms with Gasteiger partial charge in [0.2, 0.25) is 0 Å². The minimum absolute atomic E-state index is 0.171. The highest BCUT2D eigenvalue weighted by Gasteiger charge is 2.08. The summed E-state index contributed by atoms with van der Waals surface area (Å²) < 4.78 is 23.8. The van der Waals surface area contributed by atoms with Gasteiger partial charge in [-0.05, 0) is 60.2 Å². The third-order valence-corrected chi connectivity index (χ3v) is 4.10. The first-order valence-electron chi connectivity index (χ1n) is 9.30. The summed E-state index contributed by atoms with van der Waals surface area (Å²) in [6.07, 6.45) is 1.44. The number of nitrogens with zero attached hydrogens (tertiary/aromatic N) is 1. The second kappa shape index (κ2) is 10.5. The Morgan fingerprint density at radius 1 is 1.03 bits per heavy atom. The fourth-order valence-electron chi connectivity index (χ4n) is 2.59. The van der Waals surface area contributed by atoms with Gasteiger partial charge in [0.25, 0.3) is 11.8 Å². The number of rotatable bonds is 8. The Bertz CT molecular complexity index is 1080. The SMILES string of the molecule is COc1ccccc1NC(=O)COc1ccc(/C=N\NC(=O)c2cccc(F)c2)cc1. The molecule has 0 atom stereocenters. The molecule has 3 aromatic carbocycles. The lowest BCUT2D eigenvalue weighted by Crippen LogP contribution is -2.20. The van der Waals surface area contributed by atoms with Crippen molar-refractivity contribution in [1.82, 2.24) is 5.43 Å². The summed E-state index contributed by atoms with van der Waals surface area (Å²) in [5, 5.41) is 6.58. The molecule has 3 rings (SSSR count). The molecule has 3 aromatic rings. The molecule has 0 saturated carbocycles. The summed E-state index contributed by atoms with van der Waals surface area (Å²) in [4.78, 5) is 24.0. The molecule has 0 aliphatic rings. The van der Waals surface area contributed by atoms with Crippen molar-refractivity contribution in [1.29, 1.82) is 0 Å². The first-order chi connectivity index (χ1) is 15.0. The van der Waals surface area contributed by atoms with Gasteiger partial charge in [-0.25, -0.2) is 9.82 Å². The van der Waals surface area contributed by atoms with E-state index in [0.29, 0.717) is 22.7 Å². The Morgan fingerprint density at radius 2 is 1.81 bits per heavy atom. The number of ether oxygens (including phenoxy) is 2. The van der Waals surface area contributed by atoms with E-state index < -0.39 is 11.7 Å². The highest BCUT2D eigenvalue weighted by molar-refractivity contribution is 5.95. The fourth-order valence-corrected chi connectivity index (χ4v) is 2.59. The molecule has 0 fully saturated rings. The zero-order valence-corrected chi connectivity index (χ0v) is 16.7. The van der Waals surface area contributed by atoms with Crippen LogP contribution in [0.25, 0.3) is 0 Å². The van der Waals surface area contributed by atoms with Crippen molar-refractivity contribution in [3.05, 3.63) is 89.7 Å². The Balaban J connectivity index is 1.48. The number of amides is 2. The Labute approximate surface area is 178 Å². The fraction of sp³-hybridized carbons (Fsp3) is 0.0870. The molecule has 158 valence electrons. The van der Waals surface area contributed by atoms with Gasteiger partial charge in [-0.15, -0.1) is 0 Å². The number of halogens is 1. The number of para-hydroxylation sites is 2. The molecule has 0 spiro atoms. The average Bonchev–Trinajstić information content (AvgIpc) is 2.79. The van der Waals surface area contributed by atoms with E-state index in [2.05, 4.69) is 15.8 Å². The summed E-state index contributed by atoms with van der Waals surface area (Å²) >= 11 is 0. The zero-order valence-electron chi connectivity index (χ0n) is 16.7. The second-order valence-electron chi connectivity index (χ2n) is 6.32. The van der Waals surface area contributed by atoms with Crippen molar-refractivity contribution < 1.29 is 23.5 Å². The molecule has 31 heavy (non-hydrogen) atoms. The smallest absolute Gasteiger partial charge is 0.271 e. The molecule has 2 amide bonds. The first kappa shape index (κ1) is 21.5. The summed E-state index contributed by atoms with van der Waals surface area (Å²) in [5.41, 5.74) is 3.76. The number of carbonyl (C=O) groups excluding carboxylic acids is 2. The number of anilines is 1. The first-order valence-corrected chi connectivity index (χ1v) is 9.30. The van der Waals surface area contributed by atoms with E-state index in [9.17, 15) is 14.0 Å². The molecule has 0 radical (unpaired) electrons. The number of hydrogen-bond acceptors (Lipinski definition) is 5. The number of methoxy groups -OCH3 is 1. The van der Waals surface area contributed by atoms with E-state index in [1.807, 2.05) is 6.07 Å². The van der Waals surface area contributed by atoms with Gasteiger partial charge in [-0.2, -0.15) is 5.10 Å². The van der Waals surface area contributed by atoms with Crippen LogP contribution in [0.5, 0.6) is 11.5 Å². The molecule has 0 heterocycles. The lowest BCUT2D eigenvalue weighted by molar-refractivity contribution is -0.118. The minimum atomic E-state index is -0.517. The predicted molar refractivity (Wildman–Crippen MR) is 115 cm³/mol. The molecule has 0 saturated heterocycles. The van der Waals surface area contributed by atoms with Crippen molar-refractivity contribution in [3.8, 4) is 11.5 Å². The van der Waals surface area contributed by atoms with E-state index in [-0.39, 0.29) is 18.1 Å². The van der Waals surface area contributed by atoms with Crippen LogP contribution in [0.1, 0.15) is 15.9 Å². The molecular formula is C23H20FN3O4. The van der Waals surface area contributed by atoms with Crippen LogP contribution in [-0.4, -0.2) is 31.7 Å². The van der Waals surface area contributed by atoms with Crippen molar-refractivity contribution in [2.24, 2.45) is 5.10 Å². The number of carbonyl (C=O) groups is 2. The summed E-state index contributed by atoms with van der Waals surface area (Å²) in [7, 11) is 1.53. The predicted octanol–water partition coefficient (Wildman–Crippen LogP) is 3.62. The van der Waals surface area contributed by atoms with E-state index in [4.69, 9.17) is 9.47 Å². The Morgan fingerprint density at radius 3 is 2.55 bits per heavy atom. The highest BCUT2D eigenvalue weighted by Crippen LogP contribution is 2.22. The molecule has 7 nitrogen and oxygen atoms in total. The molecule has 8 heteroatoms. The van der Waals surface area contributed by atoms with E-state index in [1.54, 1.807) is 42.5 Å². The maximum Gasteiger partial charge on any atom is 0.271 e. The van der Waals surface area contributed by atoms with Gasteiger partial charge in [0.15, 0.2) is 6.61 Å². The van der Waals surface area contributed by atoms with Crippen molar-refractivity contribution in [3.63, 3.8) is 0 Å². The number of nitrogens with one attached hydrogen (secondary N) is 2. The summed E-state index contributed by atoms with van der Waals surface area (Å²) in [5.74, 6) is -0.282. The standard InChI is InChI=1S/C23H20FN3O4/c1-30-21-8-3-2-7-20(21)26-22(28)15-31-19-11-9-16(10-12-19)14-25-27-23(29)17-5-4-6-18(24)13-17/h2-14H,15H2,1H3,(H,26,28)(H,27,29)/b25-14-. The van der Waals surface area contributed by atoms with Crippen LogP contribution in [-0.2, 0) is 4.79 Å². The third-order valence-electron chi connectivity index (χ3n) is 4.10. The van der Waals surface area contributed by atoms with Gasteiger partial charge in [-0.1, -0.05) is 18.2 Å². The van der Waals surface area contributed by atoms with Crippen LogP contribution in [0.2, 0.25) is 0 Å². The Hall–Kier alpha value is -4.20. The van der Waals surface area contributed by atoms with Crippen LogP contribution in [0.15, 0.2) is 77.9 Å². The third kappa shape index (κ3) is 6.40. The zero-order chi connectivity index (χ0) is 22.1. The van der Waals surface area contributed by atoms with Gasteiger partial charge in [0, 0.05) is 5.56 Å². The minimum Gasteiger partial charge on any atom is -0.495 e. The van der Waals surface area contributed by atoms with E-state index in [0.717, 1.165) is 6.07 Å². The average molecular weight is 421 g/mol. The summed E-state index contributed by atoms with van der Waals surface area (Å²) in [6, 6.07) is 19.2. The maximum absolute atomic E-state index is 13.1. The monoisotopic (exact) mass is 421 g/mol. The van der Waals surface area contributed by atoms with Gasteiger partial charge in [0.1, 0.15) is 17.3 Å². The van der Waals surface area contributed by atoms with Crippen LogP contribution >= 0.6 is 0 Å². The molecule has 0 unspecified atom stereocenters. The number of hydrazone groups is 1. The molecule has 0 aliphatic carbocycles. The normalized spacial score (nSPS) is 10.5. The largest absolute Gasteiger partial charge is 0.495 e. The van der Waals surface area contributed by atoms with Gasteiger partial charge < -0.3 is 14.8 Å². The van der Waals surface area contributed by atoms with Crippen molar-refractivity contribution in [2.45, 2.75) is 0 Å². The summed E-state index contributed by atoms with van der Waals surface area (Å²) in [6.45, 7) is -0.171. The maximum atomic E-state index is 13.1. The second-order valence-corrected chi connectivity index (χ2v) is 6.32. The van der Waals surface area contributed by atoms with Crippen LogP contribution in [0.4, 0.5) is 10.1 Å². The van der Waals surface area contributed by atoms with Crippen LogP contribution < -0.4 is 20.2 Å². The van der Waals surface area contributed by atoms with Gasteiger partial charge in [-0.3, -0.25) is 9.59 Å². The van der Waals surface area contributed by atoms with Gasteiger partial charge >= 0.3 is 0 Å². The van der Waals surface area contributed by atoms with E-state index >= 15 is 0 Å². The lowest BCUT2D eigenvalue weighted by Gasteiger charge is -2.10. The molecule has 0 bridgehead atoms.